The SMILES string of the molecule is CCCCCCCCCCCCCCCCCCCCCCC(=O)O[C@H](COC(=O)CCCCCCCCCCCCCCCCC(C)CC)COP(=O)(O)OC[C@@H](O)COP(=O)(O)OC[C@@H](COC(=O)CCCCCCCCC(C)CC)OC(=O)CCCCCCCCCCCCCCCCCCC. The zero-order valence-corrected chi connectivity index (χ0v) is 70.8. The highest BCUT2D eigenvalue weighted by Gasteiger charge is 2.30. The van der Waals surface area contributed by atoms with Crippen molar-refractivity contribution in [1.29, 1.82) is 0 Å². The number of hydrogen-bond acceptors (Lipinski definition) is 15. The van der Waals surface area contributed by atoms with Gasteiger partial charge in [0.2, 0.25) is 0 Å². The zero-order chi connectivity index (χ0) is 77.1. The number of unbranched alkanes of at least 4 members (excludes halogenated alkanes) is 53. The van der Waals surface area contributed by atoms with E-state index in [2.05, 4.69) is 41.5 Å². The third-order valence-electron chi connectivity index (χ3n) is 20.9. The van der Waals surface area contributed by atoms with Crippen LogP contribution in [0.3, 0.4) is 0 Å². The second-order valence-electron chi connectivity index (χ2n) is 31.4. The molecule has 105 heavy (non-hydrogen) atoms. The molecular weight excluding hydrogens is 1370 g/mol. The van der Waals surface area contributed by atoms with Gasteiger partial charge in [0, 0.05) is 25.7 Å². The first-order chi connectivity index (χ1) is 50.9. The van der Waals surface area contributed by atoms with Crippen LogP contribution in [0.15, 0.2) is 0 Å². The Kier molecular flexibility index (Phi) is 76.0. The van der Waals surface area contributed by atoms with Crippen LogP contribution in [0.1, 0.15) is 459 Å². The van der Waals surface area contributed by atoms with Crippen LogP contribution in [-0.4, -0.2) is 96.7 Å². The van der Waals surface area contributed by atoms with E-state index in [4.69, 9.17) is 37.0 Å². The van der Waals surface area contributed by atoms with Crippen LogP contribution >= 0.6 is 15.6 Å². The van der Waals surface area contributed by atoms with Crippen molar-refractivity contribution < 1.29 is 80.2 Å². The Morgan fingerprint density at radius 3 is 0.676 bits per heavy atom. The average Bonchev–Trinajstić information content (AvgIpc) is 0.924. The monoisotopic (exact) mass is 1540 g/mol. The maximum atomic E-state index is 13.1. The first kappa shape index (κ1) is 103. The van der Waals surface area contributed by atoms with Gasteiger partial charge < -0.3 is 33.8 Å². The van der Waals surface area contributed by atoms with Crippen molar-refractivity contribution in [2.24, 2.45) is 11.8 Å². The van der Waals surface area contributed by atoms with Crippen molar-refractivity contribution in [2.45, 2.75) is 477 Å². The summed E-state index contributed by atoms with van der Waals surface area (Å²) in [6.07, 6.45) is 69.4. The van der Waals surface area contributed by atoms with Gasteiger partial charge in [-0.15, -0.1) is 0 Å². The maximum Gasteiger partial charge on any atom is 0.472 e. The molecule has 624 valence electrons. The highest BCUT2D eigenvalue weighted by Crippen LogP contribution is 2.45. The first-order valence-corrected chi connectivity index (χ1v) is 47.6. The Bertz CT molecular complexity index is 2010. The third kappa shape index (κ3) is 77.2. The van der Waals surface area contributed by atoms with Gasteiger partial charge >= 0.3 is 39.5 Å². The van der Waals surface area contributed by atoms with Crippen LogP contribution in [-0.2, 0) is 65.4 Å². The van der Waals surface area contributed by atoms with E-state index in [1.54, 1.807) is 0 Å². The van der Waals surface area contributed by atoms with Gasteiger partial charge in [0.1, 0.15) is 19.3 Å². The average molecular weight is 1540 g/mol. The molecule has 0 rings (SSSR count). The van der Waals surface area contributed by atoms with Gasteiger partial charge in [-0.3, -0.25) is 37.3 Å². The van der Waals surface area contributed by atoms with E-state index >= 15 is 0 Å². The van der Waals surface area contributed by atoms with Crippen LogP contribution in [0.5, 0.6) is 0 Å². The molecule has 17 nitrogen and oxygen atoms in total. The molecule has 0 fully saturated rings. The minimum atomic E-state index is -4.97. The summed E-state index contributed by atoms with van der Waals surface area (Å²) in [4.78, 5) is 73.2. The topological polar surface area (TPSA) is 237 Å². The third-order valence-corrected chi connectivity index (χ3v) is 22.8. The Morgan fingerprint density at radius 1 is 0.267 bits per heavy atom. The molecule has 0 spiro atoms. The number of hydrogen-bond donors (Lipinski definition) is 3. The lowest BCUT2D eigenvalue weighted by molar-refractivity contribution is -0.161. The summed E-state index contributed by atoms with van der Waals surface area (Å²) in [5, 5.41) is 10.7. The first-order valence-electron chi connectivity index (χ1n) is 44.6. The van der Waals surface area contributed by atoms with E-state index in [1.165, 1.54) is 270 Å². The number of carbonyl (C=O) groups is 4. The Balaban J connectivity index is 5.24. The van der Waals surface area contributed by atoms with Crippen molar-refractivity contribution >= 4 is 39.5 Å². The number of phosphoric acid groups is 2. The lowest BCUT2D eigenvalue weighted by Gasteiger charge is -2.21. The normalized spacial score (nSPS) is 14.3. The molecule has 0 aromatic rings. The van der Waals surface area contributed by atoms with E-state index in [9.17, 15) is 43.2 Å². The lowest BCUT2D eigenvalue weighted by atomic mass is 9.99. The summed E-state index contributed by atoms with van der Waals surface area (Å²) in [6, 6.07) is 0. The minimum Gasteiger partial charge on any atom is -0.462 e. The molecule has 0 saturated heterocycles. The number of rotatable bonds is 85. The number of esters is 4. The lowest BCUT2D eigenvalue weighted by Crippen LogP contribution is -2.30. The summed E-state index contributed by atoms with van der Waals surface area (Å²) in [5.74, 6) is -0.522. The smallest absolute Gasteiger partial charge is 0.462 e. The van der Waals surface area contributed by atoms with Crippen molar-refractivity contribution in [1.82, 2.24) is 0 Å². The van der Waals surface area contributed by atoms with Gasteiger partial charge in [0.05, 0.1) is 26.4 Å². The summed E-state index contributed by atoms with van der Waals surface area (Å²) in [5.41, 5.74) is 0. The Morgan fingerprint density at radius 2 is 0.457 bits per heavy atom. The quantitative estimate of drug-likeness (QED) is 0.0222. The molecule has 7 atom stereocenters. The highest BCUT2D eigenvalue weighted by molar-refractivity contribution is 7.47. The molecule has 0 saturated carbocycles. The van der Waals surface area contributed by atoms with E-state index in [1.807, 2.05) is 0 Å². The van der Waals surface area contributed by atoms with E-state index < -0.39 is 97.5 Å². The van der Waals surface area contributed by atoms with Crippen molar-refractivity contribution in [2.75, 3.05) is 39.6 Å². The summed E-state index contributed by atoms with van der Waals surface area (Å²) in [6.45, 7) is 9.69. The van der Waals surface area contributed by atoms with Crippen LogP contribution in [0.4, 0.5) is 0 Å². The summed E-state index contributed by atoms with van der Waals surface area (Å²) < 4.78 is 68.9. The molecule has 0 aliphatic carbocycles. The highest BCUT2D eigenvalue weighted by atomic mass is 31.2. The van der Waals surface area contributed by atoms with E-state index in [0.29, 0.717) is 25.7 Å². The van der Waals surface area contributed by atoms with Gasteiger partial charge in [0.15, 0.2) is 12.2 Å². The zero-order valence-electron chi connectivity index (χ0n) is 69.0. The second kappa shape index (κ2) is 77.4. The van der Waals surface area contributed by atoms with Crippen LogP contribution in [0, 0.1) is 11.8 Å². The maximum absolute atomic E-state index is 13.1. The minimum absolute atomic E-state index is 0.108. The van der Waals surface area contributed by atoms with Crippen molar-refractivity contribution in [3.63, 3.8) is 0 Å². The van der Waals surface area contributed by atoms with Gasteiger partial charge in [-0.1, -0.05) is 408 Å². The molecule has 0 aliphatic heterocycles. The number of carbonyl (C=O) groups excluding carboxylic acids is 4. The molecule has 0 radical (unpaired) electrons. The predicted octanol–water partition coefficient (Wildman–Crippen LogP) is 26.2. The fourth-order valence-electron chi connectivity index (χ4n) is 13.4. The second-order valence-corrected chi connectivity index (χ2v) is 34.3. The standard InChI is InChI=1S/C86H168O17P2/c1-7-11-13-15-17-19-21-23-25-27-28-29-31-33-39-43-47-51-59-64-70-85(90)102-81(74-96-83(88)68-62-56-49-45-41-37-35-34-36-40-44-48-54-60-66-78(5)9-3)76-100-104(92,93)98-72-80(87)73-99-105(94,95)101-77-82(75-97-84(89)69-63-57-53-52-55-61-67-79(6)10-4)103-86(91)71-65-58-50-46-42-38-32-30-26-24-22-20-18-16-14-12-8-2/h78-82,87H,7-77H2,1-6H3,(H,92,93)(H,94,95)/t78?,79?,80-,81-,82-/m1/s1. The molecule has 0 aliphatic rings. The molecule has 0 aromatic carbocycles. The number of aliphatic hydroxyl groups excluding tert-OH is 1. The predicted molar refractivity (Wildman–Crippen MR) is 432 cm³/mol. The fourth-order valence-corrected chi connectivity index (χ4v) is 14.9. The van der Waals surface area contributed by atoms with E-state index in [-0.39, 0.29) is 25.7 Å². The molecule has 4 unspecified atom stereocenters. The molecule has 0 heterocycles. The van der Waals surface area contributed by atoms with Gasteiger partial charge in [-0.25, -0.2) is 9.13 Å². The Labute approximate surface area is 645 Å². The van der Waals surface area contributed by atoms with E-state index in [0.717, 1.165) is 108 Å². The molecule has 0 bridgehead atoms. The number of ether oxygens (including phenoxy) is 4. The van der Waals surface area contributed by atoms with Gasteiger partial charge in [-0.2, -0.15) is 0 Å². The van der Waals surface area contributed by atoms with Crippen molar-refractivity contribution in [3.8, 4) is 0 Å². The number of aliphatic hydroxyl groups is 1. The molecular formula is C86H168O17P2. The molecule has 3 N–H and O–H groups in total. The van der Waals surface area contributed by atoms with Gasteiger partial charge in [-0.05, 0) is 37.5 Å². The molecule has 0 amide bonds. The number of phosphoric ester groups is 2. The summed E-state index contributed by atoms with van der Waals surface area (Å²) in [7, 11) is -9.93. The Hall–Kier alpha value is -1.94. The largest absolute Gasteiger partial charge is 0.472 e. The molecule has 0 aromatic heterocycles. The summed E-state index contributed by atoms with van der Waals surface area (Å²) >= 11 is 0. The van der Waals surface area contributed by atoms with Gasteiger partial charge in [0.25, 0.3) is 0 Å². The molecule has 19 heteroatoms. The van der Waals surface area contributed by atoms with Crippen LogP contribution in [0.2, 0.25) is 0 Å². The van der Waals surface area contributed by atoms with Crippen LogP contribution < -0.4 is 0 Å². The van der Waals surface area contributed by atoms with Crippen LogP contribution in [0.25, 0.3) is 0 Å². The fraction of sp³-hybridized carbons (Fsp3) is 0.953. The van der Waals surface area contributed by atoms with Crippen molar-refractivity contribution in [3.05, 3.63) is 0 Å².